The molecular formula is C19H17N5OS. The van der Waals surface area contributed by atoms with Gasteiger partial charge in [0.15, 0.2) is 11.0 Å². The van der Waals surface area contributed by atoms with Crippen LogP contribution in [0.1, 0.15) is 5.56 Å². The van der Waals surface area contributed by atoms with E-state index in [-0.39, 0.29) is 0 Å². The first-order valence-corrected chi connectivity index (χ1v) is 8.91. The molecule has 2 heterocycles. The Hall–Kier alpha value is -2.93. The number of para-hydroxylation sites is 1. The van der Waals surface area contributed by atoms with Crippen LogP contribution in [0.5, 0.6) is 5.75 Å². The van der Waals surface area contributed by atoms with Crippen molar-refractivity contribution in [2.24, 2.45) is 7.05 Å². The average molecular weight is 363 g/mol. The van der Waals surface area contributed by atoms with E-state index in [1.165, 1.54) is 17.3 Å². The monoisotopic (exact) mass is 363 g/mol. The van der Waals surface area contributed by atoms with Crippen molar-refractivity contribution in [3.63, 3.8) is 0 Å². The Morgan fingerprint density at radius 1 is 1.04 bits per heavy atom. The molecule has 0 unspecified atom stereocenters. The van der Waals surface area contributed by atoms with Crippen LogP contribution >= 0.6 is 11.8 Å². The van der Waals surface area contributed by atoms with E-state index in [4.69, 9.17) is 4.74 Å². The maximum atomic E-state index is 5.44. The van der Waals surface area contributed by atoms with Gasteiger partial charge in [-0.25, -0.2) is 9.97 Å². The van der Waals surface area contributed by atoms with E-state index in [0.717, 1.165) is 38.2 Å². The van der Waals surface area contributed by atoms with Crippen molar-refractivity contribution in [1.29, 1.82) is 0 Å². The van der Waals surface area contributed by atoms with Gasteiger partial charge >= 0.3 is 0 Å². The topological polar surface area (TPSA) is 65.7 Å². The second-order valence-electron chi connectivity index (χ2n) is 5.87. The van der Waals surface area contributed by atoms with Gasteiger partial charge in [-0.3, -0.25) is 0 Å². The van der Waals surface area contributed by atoms with Crippen molar-refractivity contribution in [1.82, 2.24) is 24.7 Å². The lowest BCUT2D eigenvalue weighted by atomic mass is 10.2. The summed E-state index contributed by atoms with van der Waals surface area (Å²) in [5.41, 5.74) is 2.99. The third kappa shape index (κ3) is 2.90. The zero-order valence-electron chi connectivity index (χ0n) is 14.7. The summed E-state index contributed by atoms with van der Waals surface area (Å²) in [6.07, 6.45) is 1.58. The predicted molar refractivity (Wildman–Crippen MR) is 101 cm³/mol. The fourth-order valence-electron chi connectivity index (χ4n) is 2.78. The van der Waals surface area contributed by atoms with Crippen molar-refractivity contribution in [3.05, 3.63) is 54.4 Å². The van der Waals surface area contributed by atoms with Gasteiger partial charge in [0.2, 0.25) is 0 Å². The molecule has 2 aromatic heterocycles. The van der Waals surface area contributed by atoms with Crippen molar-refractivity contribution >= 4 is 22.7 Å². The van der Waals surface area contributed by atoms with Gasteiger partial charge in [0, 0.05) is 12.4 Å². The number of aromatic nitrogens is 5. The van der Waals surface area contributed by atoms with E-state index < -0.39 is 0 Å². The number of fused-ring (bicyclic) bond motifs is 1. The number of rotatable bonds is 4. The number of ether oxygens (including phenoxy) is 1. The van der Waals surface area contributed by atoms with E-state index in [1.807, 2.05) is 48.0 Å². The summed E-state index contributed by atoms with van der Waals surface area (Å²) in [7, 11) is 3.60. The highest BCUT2D eigenvalue weighted by atomic mass is 32.2. The summed E-state index contributed by atoms with van der Waals surface area (Å²) in [6, 6.07) is 13.9. The standard InChI is InChI=1S/C19H17N5OS/c1-12-8-9-15-14(10-12)18(21-11-20-15)26-19-23-22-17(24(19)2)13-6-4-5-7-16(13)25-3/h4-11H,1-3H3. The molecule has 0 spiro atoms. The van der Waals surface area contributed by atoms with Gasteiger partial charge in [-0.15, -0.1) is 10.2 Å². The predicted octanol–water partition coefficient (Wildman–Crippen LogP) is 3.89. The molecule has 2 aromatic carbocycles. The highest BCUT2D eigenvalue weighted by molar-refractivity contribution is 7.99. The SMILES string of the molecule is COc1ccccc1-c1nnc(Sc2ncnc3ccc(C)cc23)n1C. The number of hydrogen-bond acceptors (Lipinski definition) is 6. The van der Waals surface area contributed by atoms with Crippen LogP contribution < -0.4 is 4.74 Å². The van der Waals surface area contributed by atoms with Gasteiger partial charge < -0.3 is 9.30 Å². The Morgan fingerprint density at radius 3 is 2.73 bits per heavy atom. The fourth-order valence-corrected chi connectivity index (χ4v) is 3.63. The molecule has 7 heteroatoms. The van der Waals surface area contributed by atoms with Gasteiger partial charge in [-0.05, 0) is 43.0 Å². The van der Waals surface area contributed by atoms with Crippen LogP contribution in [-0.2, 0) is 7.05 Å². The molecule has 0 aliphatic heterocycles. The zero-order valence-corrected chi connectivity index (χ0v) is 15.5. The van der Waals surface area contributed by atoms with Crippen LogP contribution in [0.15, 0.2) is 59.0 Å². The van der Waals surface area contributed by atoms with Gasteiger partial charge in [-0.2, -0.15) is 0 Å². The highest BCUT2D eigenvalue weighted by Gasteiger charge is 2.16. The van der Waals surface area contributed by atoms with Crippen LogP contribution in [0.4, 0.5) is 0 Å². The Labute approximate surface area is 155 Å². The number of methoxy groups -OCH3 is 1. The Kier molecular flexibility index (Phi) is 4.30. The zero-order chi connectivity index (χ0) is 18.1. The molecule has 0 amide bonds. The quantitative estimate of drug-likeness (QED) is 0.513. The smallest absolute Gasteiger partial charge is 0.197 e. The van der Waals surface area contributed by atoms with E-state index in [2.05, 4.69) is 33.2 Å². The Morgan fingerprint density at radius 2 is 1.88 bits per heavy atom. The minimum Gasteiger partial charge on any atom is -0.496 e. The summed E-state index contributed by atoms with van der Waals surface area (Å²) in [4.78, 5) is 8.78. The lowest BCUT2D eigenvalue weighted by molar-refractivity contribution is 0.416. The molecule has 0 N–H and O–H groups in total. The van der Waals surface area contributed by atoms with Crippen LogP contribution in [0.25, 0.3) is 22.3 Å². The molecule has 0 saturated heterocycles. The van der Waals surface area contributed by atoms with E-state index in [9.17, 15) is 0 Å². The van der Waals surface area contributed by atoms with Crippen LogP contribution in [0.3, 0.4) is 0 Å². The second kappa shape index (κ2) is 6.76. The first-order chi connectivity index (χ1) is 12.7. The molecule has 0 atom stereocenters. The van der Waals surface area contributed by atoms with E-state index >= 15 is 0 Å². The van der Waals surface area contributed by atoms with E-state index in [1.54, 1.807) is 13.4 Å². The number of nitrogens with zero attached hydrogens (tertiary/aromatic N) is 5. The van der Waals surface area contributed by atoms with Crippen LogP contribution in [0.2, 0.25) is 0 Å². The molecular weight excluding hydrogens is 346 g/mol. The van der Waals surface area contributed by atoms with Crippen molar-refractivity contribution in [3.8, 4) is 17.1 Å². The number of hydrogen-bond donors (Lipinski definition) is 0. The maximum absolute atomic E-state index is 5.44. The normalized spacial score (nSPS) is 11.0. The fraction of sp³-hybridized carbons (Fsp3) is 0.158. The van der Waals surface area contributed by atoms with Crippen molar-refractivity contribution in [2.75, 3.05) is 7.11 Å². The summed E-state index contributed by atoms with van der Waals surface area (Å²) >= 11 is 1.48. The number of benzene rings is 2. The first kappa shape index (κ1) is 16.5. The molecule has 4 rings (SSSR count). The van der Waals surface area contributed by atoms with Gasteiger partial charge in [0.25, 0.3) is 0 Å². The molecule has 130 valence electrons. The third-order valence-electron chi connectivity index (χ3n) is 4.13. The molecule has 0 fully saturated rings. The molecule has 0 aliphatic rings. The average Bonchev–Trinajstić information content (AvgIpc) is 3.02. The Bertz CT molecular complexity index is 1090. The van der Waals surface area contributed by atoms with Gasteiger partial charge in [0.1, 0.15) is 17.1 Å². The molecule has 26 heavy (non-hydrogen) atoms. The lowest BCUT2D eigenvalue weighted by Gasteiger charge is -2.08. The largest absolute Gasteiger partial charge is 0.496 e. The van der Waals surface area contributed by atoms with Crippen LogP contribution in [-0.4, -0.2) is 31.8 Å². The van der Waals surface area contributed by atoms with E-state index in [0.29, 0.717) is 0 Å². The van der Waals surface area contributed by atoms with Crippen molar-refractivity contribution < 1.29 is 4.74 Å². The summed E-state index contributed by atoms with van der Waals surface area (Å²) in [5.74, 6) is 1.52. The van der Waals surface area contributed by atoms with Gasteiger partial charge in [0.05, 0.1) is 18.2 Å². The first-order valence-electron chi connectivity index (χ1n) is 8.09. The molecule has 0 aliphatic carbocycles. The Balaban J connectivity index is 1.75. The second-order valence-corrected chi connectivity index (χ2v) is 6.82. The lowest BCUT2D eigenvalue weighted by Crippen LogP contribution is -1.97. The minimum atomic E-state index is 0.750. The highest BCUT2D eigenvalue weighted by Crippen LogP contribution is 2.34. The molecule has 0 saturated carbocycles. The van der Waals surface area contributed by atoms with Crippen molar-refractivity contribution in [2.45, 2.75) is 17.1 Å². The van der Waals surface area contributed by atoms with Crippen LogP contribution in [0, 0.1) is 6.92 Å². The molecule has 6 nitrogen and oxygen atoms in total. The van der Waals surface area contributed by atoms with Gasteiger partial charge in [-0.1, -0.05) is 23.8 Å². The number of aryl methyl sites for hydroxylation is 1. The minimum absolute atomic E-state index is 0.750. The molecule has 4 aromatic rings. The molecule has 0 radical (unpaired) electrons. The summed E-state index contributed by atoms with van der Waals surface area (Å²) in [5, 5.41) is 11.3. The maximum Gasteiger partial charge on any atom is 0.197 e. The summed E-state index contributed by atoms with van der Waals surface area (Å²) < 4.78 is 7.40. The third-order valence-corrected chi connectivity index (χ3v) is 5.18. The molecule has 0 bridgehead atoms. The summed E-state index contributed by atoms with van der Waals surface area (Å²) in [6.45, 7) is 2.06.